The van der Waals surface area contributed by atoms with Gasteiger partial charge in [-0.1, -0.05) is 36.4 Å². The van der Waals surface area contributed by atoms with Crippen LogP contribution in [-0.4, -0.2) is 13.1 Å². The lowest BCUT2D eigenvalue weighted by molar-refractivity contribution is -0.140. The first-order valence-electron chi connectivity index (χ1n) is 5.98. The first-order valence-corrected chi connectivity index (χ1v) is 5.98. The molecule has 1 atom stereocenters. The Morgan fingerprint density at radius 1 is 1.41 bits per heavy atom. The number of ether oxygens (including phenoxy) is 1. The molecule has 0 saturated carbocycles. The minimum Gasteiger partial charge on any atom is -0.469 e. The largest absolute Gasteiger partial charge is 0.469 e. The van der Waals surface area contributed by atoms with Crippen molar-refractivity contribution in [2.75, 3.05) is 7.11 Å². The van der Waals surface area contributed by atoms with Crippen molar-refractivity contribution in [1.29, 1.82) is 0 Å². The highest BCUT2D eigenvalue weighted by atomic mass is 16.5. The zero-order valence-corrected chi connectivity index (χ0v) is 10.4. The number of hydrogen-bond acceptors (Lipinski definition) is 2. The van der Waals surface area contributed by atoms with Gasteiger partial charge in [-0.05, 0) is 30.7 Å². The molecule has 0 aliphatic heterocycles. The zero-order valence-electron chi connectivity index (χ0n) is 10.4. The fraction of sp³-hybridized carbons (Fsp3) is 0.400. The van der Waals surface area contributed by atoms with Crippen LogP contribution in [0.4, 0.5) is 0 Å². The minimum atomic E-state index is -0.132. The molecule has 17 heavy (non-hydrogen) atoms. The molecule has 92 valence electrons. The Labute approximate surface area is 103 Å². The van der Waals surface area contributed by atoms with Crippen LogP contribution >= 0.6 is 0 Å². The van der Waals surface area contributed by atoms with Gasteiger partial charge in [-0.25, -0.2) is 0 Å². The van der Waals surface area contributed by atoms with Gasteiger partial charge in [-0.15, -0.1) is 6.58 Å². The third-order valence-electron chi connectivity index (χ3n) is 2.85. The summed E-state index contributed by atoms with van der Waals surface area (Å²) < 4.78 is 4.66. The van der Waals surface area contributed by atoms with Crippen molar-refractivity contribution in [1.82, 2.24) is 0 Å². The van der Waals surface area contributed by atoms with E-state index in [9.17, 15) is 4.79 Å². The first kappa shape index (κ1) is 13.5. The number of carbonyl (C=O) groups is 1. The molecule has 1 rings (SSSR count). The van der Waals surface area contributed by atoms with Crippen LogP contribution in [0.15, 0.2) is 43.0 Å². The van der Waals surface area contributed by atoms with Gasteiger partial charge < -0.3 is 4.74 Å². The summed E-state index contributed by atoms with van der Waals surface area (Å²) in [6.07, 6.45) is 5.19. The second-order valence-corrected chi connectivity index (χ2v) is 4.19. The summed E-state index contributed by atoms with van der Waals surface area (Å²) in [5, 5.41) is 0. The quantitative estimate of drug-likeness (QED) is 0.532. The number of esters is 1. The van der Waals surface area contributed by atoms with E-state index in [0.717, 1.165) is 19.3 Å². The van der Waals surface area contributed by atoms with Gasteiger partial charge in [0.1, 0.15) is 0 Å². The molecule has 1 aromatic rings. The Morgan fingerprint density at radius 2 is 2.12 bits per heavy atom. The Balaban J connectivity index is 2.48. The summed E-state index contributed by atoms with van der Waals surface area (Å²) >= 11 is 0. The van der Waals surface area contributed by atoms with E-state index >= 15 is 0 Å². The Kier molecular flexibility index (Phi) is 6.08. The van der Waals surface area contributed by atoms with Gasteiger partial charge in [0.05, 0.1) is 7.11 Å². The van der Waals surface area contributed by atoms with Gasteiger partial charge >= 0.3 is 5.97 Å². The van der Waals surface area contributed by atoms with Gasteiger partial charge in [-0.2, -0.15) is 0 Å². The number of methoxy groups -OCH3 is 1. The highest BCUT2D eigenvalue weighted by molar-refractivity contribution is 5.69. The zero-order chi connectivity index (χ0) is 12.5. The lowest BCUT2D eigenvalue weighted by Crippen LogP contribution is -2.08. The predicted octanol–water partition coefficient (Wildman–Crippen LogP) is 3.37. The van der Waals surface area contributed by atoms with Crippen LogP contribution in [-0.2, 0) is 16.0 Å². The molecule has 0 aromatic heterocycles. The van der Waals surface area contributed by atoms with Gasteiger partial charge in [0.15, 0.2) is 0 Å². The molecular weight excluding hydrogens is 212 g/mol. The van der Waals surface area contributed by atoms with E-state index in [4.69, 9.17) is 0 Å². The highest BCUT2D eigenvalue weighted by Crippen LogP contribution is 2.18. The smallest absolute Gasteiger partial charge is 0.305 e. The summed E-state index contributed by atoms with van der Waals surface area (Å²) in [5.41, 5.74) is 1.31. The SMILES string of the molecule is C=CC[C@H](CCC(=O)OC)Cc1ccccc1. The molecule has 0 N–H and O–H groups in total. The van der Waals surface area contributed by atoms with Crippen LogP contribution in [0.25, 0.3) is 0 Å². The number of carbonyl (C=O) groups excluding carboxylic acids is 1. The van der Waals surface area contributed by atoms with Crippen LogP contribution in [0.3, 0.4) is 0 Å². The average Bonchev–Trinajstić information content (AvgIpc) is 2.37. The Bertz CT molecular complexity index is 343. The van der Waals surface area contributed by atoms with E-state index in [0.29, 0.717) is 12.3 Å². The molecule has 0 radical (unpaired) electrons. The van der Waals surface area contributed by atoms with Crippen molar-refractivity contribution >= 4 is 5.97 Å². The van der Waals surface area contributed by atoms with Crippen molar-refractivity contribution in [3.8, 4) is 0 Å². The summed E-state index contributed by atoms with van der Waals surface area (Å²) in [5.74, 6) is 0.334. The molecule has 0 aliphatic carbocycles. The van der Waals surface area contributed by atoms with E-state index in [1.165, 1.54) is 12.7 Å². The molecule has 0 aliphatic rings. The summed E-state index contributed by atoms with van der Waals surface area (Å²) in [6.45, 7) is 3.77. The number of hydrogen-bond donors (Lipinski definition) is 0. The lowest BCUT2D eigenvalue weighted by Gasteiger charge is -2.14. The van der Waals surface area contributed by atoms with E-state index in [1.54, 1.807) is 0 Å². The fourth-order valence-electron chi connectivity index (χ4n) is 1.91. The highest BCUT2D eigenvalue weighted by Gasteiger charge is 2.11. The molecule has 1 aromatic carbocycles. The first-order chi connectivity index (χ1) is 8.26. The maximum atomic E-state index is 11.1. The third-order valence-corrected chi connectivity index (χ3v) is 2.85. The van der Waals surface area contributed by atoms with Crippen LogP contribution in [0.5, 0.6) is 0 Å². The van der Waals surface area contributed by atoms with Crippen molar-refractivity contribution in [2.45, 2.75) is 25.7 Å². The number of benzene rings is 1. The van der Waals surface area contributed by atoms with Crippen molar-refractivity contribution in [2.24, 2.45) is 5.92 Å². The standard InChI is InChI=1S/C15H20O2/c1-3-7-13(10-11-15(16)17-2)12-14-8-5-4-6-9-14/h3-6,8-9,13H,1,7,10-12H2,2H3/t13-/m1/s1. The molecule has 0 spiro atoms. The van der Waals surface area contributed by atoms with Crippen LogP contribution in [0.2, 0.25) is 0 Å². The average molecular weight is 232 g/mol. The van der Waals surface area contributed by atoms with E-state index in [2.05, 4.69) is 23.4 Å². The van der Waals surface area contributed by atoms with Crippen LogP contribution in [0.1, 0.15) is 24.8 Å². The molecule has 0 amide bonds. The number of allylic oxidation sites excluding steroid dienone is 1. The summed E-state index contributed by atoms with van der Waals surface area (Å²) in [6, 6.07) is 10.3. The van der Waals surface area contributed by atoms with Crippen LogP contribution in [0, 0.1) is 5.92 Å². The fourth-order valence-corrected chi connectivity index (χ4v) is 1.91. The normalized spacial score (nSPS) is 11.8. The molecule has 0 saturated heterocycles. The maximum Gasteiger partial charge on any atom is 0.305 e. The third kappa shape index (κ3) is 5.34. The lowest BCUT2D eigenvalue weighted by atomic mass is 9.92. The van der Waals surface area contributed by atoms with Crippen molar-refractivity contribution in [3.63, 3.8) is 0 Å². The second-order valence-electron chi connectivity index (χ2n) is 4.19. The minimum absolute atomic E-state index is 0.132. The van der Waals surface area contributed by atoms with E-state index in [1.807, 2.05) is 24.3 Å². The molecule has 0 heterocycles. The predicted molar refractivity (Wildman–Crippen MR) is 69.7 cm³/mol. The molecule has 0 fully saturated rings. The molecule has 2 heteroatoms. The van der Waals surface area contributed by atoms with E-state index < -0.39 is 0 Å². The van der Waals surface area contributed by atoms with Crippen molar-refractivity contribution in [3.05, 3.63) is 48.6 Å². The Morgan fingerprint density at radius 3 is 2.71 bits per heavy atom. The second kappa shape index (κ2) is 7.66. The molecule has 0 bridgehead atoms. The van der Waals surface area contributed by atoms with Gasteiger partial charge in [-0.3, -0.25) is 4.79 Å². The molecule has 2 nitrogen and oxygen atoms in total. The topological polar surface area (TPSA) is 26.3 Å². The summed E-state index contributed by atoms with van der Waals surface area (Å²) in [4.78, 5) is 11.1. The molecule has 0 unspecified atom stereocenters. The van der Waals surface area contributed by atoms with Gasteiger partial charge in [0.2, 0.25) is 0 Å². The van der Waals surface area contributed by atoms with Gasteiger partial charge in [0.25, 0.3) is 0 Å². The number of rotatable bonds is 7. The van der Waals surface area contributed by atoms with Crippen molar-refractivity contribution < 1.29 is 9.53 Å². The monoisotopic (exact) mass is 232 g/mol. The molecular formula is C15H20O2. The Hall–Kier alpha value is -1.57. The van der Waals surface area contributed by atoms with Crippen LogP contribution < -0.4 is 0 Å². The van der Waals surface area contributed by atoms with E-state index in [-0.39, 0.29) is 5.97 Å². The summed E-state index contributed by atoms with van der Waals surface area (Å²) in [7, 11) is 1.43. The van der Waals surface area contributed by atoms with Gasteiger partial charge in [0, 0.05) is 6.42 Å². The maximum absolute atomic E-state index is 11.1.